The lowest BCUT2D eigenvalue weighted by Gasteiger charge is -2.10. The van der Waals surface area contributed by atoms with Gasteiger partial charge in [0.05, 0.1) is 26.9 Å². The van der Waals surface area contributed by atoms with Crippen LogP contribution in [0.4, 0.5) is 11.4 Å². The zero-order valence-electron chi connectivity index (χ0n) is 20.0. The van der Waals surface area contributed by atoms with Crippen LogP contribution in [0.3, 0.4) is 0 Å². The maximum atomic E-state index is 12.3. The molecule has 0 aliphatic carbocycles. The second-order valence-corrected chi connectivity index (χ2v) is 7.32. The lowest BCUT2D eigenvalue weighted by atomic mass is 10.2. The Morgan fingerprint density at radius 1 is 0.639 bits per heavy atom. The van der Waals surface area contributed by atoms with Crippen molar-refractivity contribution >= 4 is 29.2 Å². The van der Waals surface area contributed by atoms with E-state index in [2.05, 4.69) is 10.6 Å². The molecule has 0 radical (unpaired) electrons. The summed E-state index contributed by atoms with van der Waals surface area (Å²) >= 11 is 0. The molecule has 3 aromatic rings. The summed E-state index contributed by atoms with van der Waals surface area (Å²) in [6, 6.07) is 17.8. The van der Waals surface area contributed by atoms with Gasteiger partial charge in [-0.05, 0) is 36.4 Å². The molecule has 0 unspecified atom stereocenters. The Morgan fingerprint density at radius 2 is 1.22 bits per heavy atom. The predicted molar refractivity (Wildman–Crippen MR) is 132 cm³/mol. The summed E-state index contributed by atoms with van der Waals surface area (Å²) in [5.41, 5.74) is 1.24. The van der Waals surface area contributed by atoms with Gasteiger partial charge < -0.3 is 34.3 Å². The number of hydrogen-bond donors (Lipinski definition) is 2. The molecule has 10 heteroatoms. The van der Waals surface area contributed by atoms with Gasteiger partial charge >= 0.3 is 5.97 Å². The number of hydrogen-bond acceptors (Lipinski definition) is 8. The summed E-state index contributed by atoms with van der Waals surface area (Å²) in [4.78, 5) is 36.6. The lowest BCUT2D eigenvalue weighted by molar-refractivity contribution is -0.119. The first kappa shape index (κ1) is 25.9. The van der Waals surface area contributed by atoms with Gasteiger partial charge in [-0.15, -0.1) is 0 Å². The molecular formula is C26H26N2O8. The first-order valence-corrected chi connectivity index (χ1v) is 10.8. The van der Waals surface area contributed by atoms with Gasteiger partial charge in [0, 0.05) is 35.6 Å². The SMILES string of the molecule is COc1cccc(NC(=O)COc2ccc(C(=O)OCC(=O)Nc3cc(OC)cc(OC)c3)cc2)c1. The van der Waals surface area contributed by atoms with Crippen molar-refractivity contribution < 1.29 is 38.1 Å². The van der Waals surface area contributed by atoms with E-state index in [9.17, 15) is 14.4 Å². The molecule has 0 bridgehead atoms. The van der Waals surface area contributed by atoms with Crippen LogP contribution in [0.5, 0.6) is 23.0 Å². The van der Waals surface area contributed by atoms with Crippen LogP contribution in [0.15, 0.2) is 66.7 Å². The average molecular weight is 495 g/mol. The minimum absolute atomic E-state index is 0.221. The van der Waals surface area contributed by atoms with Gasteiger partial charge in [0.15, 0.2) is 13.2 Å². The zero-order chi connectivity index (χ0) is 25.9. The topological polar surface area (TPSA) is 121 Å². The predicted octanol–water partition coefficient (Wildman–Crippen LogP) is 3.53. The van der Waals surface area contributed by atoms with Crippen molar-refractivity contribution in [3.63, 3.8) is 0 Å². The lowest BCUT2D eigenvalue weighted by Crippen LogP contribution is -2.21. The molecule has 188 valence electrons. The Balaban J connectivity index is 1.45. The Hall–Kier alpha value is -4.73. The van der Waals surface area contributed by atoms with E-state index in [1.165, 1.54) is 45.6 Å². The maximum Gasteiger partial charge on any atom is 0.338 e. The number of carbonyl (C=O) groups excluding carboxylic acids is 3. The number of amides is 2. The van der Waals surface area contributed by atoms with Crippen LogP contribution in [0.2, 0.25) is 0 Å². The molecular weight excluding hydrogens is 468 g/mol. The average Bonchev–Trinajstić information content (AvgIpc) is 2.90. The van der Waals surface area contributed by atoms with Crippen LogP contribution in [0.1, 0.15) is 10.4 Å². The minimum atomic E-state index is -0.685. The van der Waals surface area contributed by atoms with Crippen molar-refractivity contribution in [1.82, 2.24) is 0 Å². The molecule has 2 N–H and O–H groups in total. The van der Waals surface area contributed by atoms with E-state index in [1.807, 2.05) is 0 Å². The van der Waals surface area contributed by atoms with Crippen molar-refractivity contribution in [3.05, 3.63) is 72.3 Å². The Bertz CT molecular complexity index is 1190. The summed E-state index contributed by atoms with van der Waals surface area (Å²) in [5.74, 6) is 0.442. The fourth-order valence-electron chi connectivity index (χ4n) is 3.03. The van der Waals surface area contributed by atoms with Crippen molar-refractivity contribution in [2.24, 2.45) is 0 Å². The van der Waals surface area contributed by atoms with E-state index >= 15 is 0 Å². The number of benzene rings is 3. The van der Waals surface area contributed by atoms with Gasteiger partial charge in [0.25, 0.3) is 11.8 Å². The highest BCUT2D eigenvalue weighted by Gasteiger charge is 2.12. The first-order valence-electron chi connectivity index (χ1n) is 10.8. The summed E-state index contributed by atoms with van der Waals surface area (Å²) in [6.45, 7) is -0.711. The van der Waals surface area contributed by atoms with E-state index < -0.39 is 18.5 Å². The van der Waals surface area contributed by atoms with E-state index in [0.717, 1.165) is 0 Å². The van der Waals surface area contributed by atoms with Crippen LogP contribution in [-0.4, -0.2) is 52.3 Å². The van der Waals surface area contributed by atoms with E-state index in [4.69, 9.17) is 23.7 Å². The van der Waals surface area contributed by atoms with Crippen molar-refractivity contribution in [2.45, 2.75) is 0 Å². The van der Waals surface area contributed by atoms with Crippen molar-refractivity contribution in [3.8, 4) is 23.0 Å². The number of anilines is 2. The van der Waals surface area contributed by atoms with Crippen LogP contribution < -0.4 is 29.6 Å². The molecule has 0 aliphatic rings. The molecule has 0 fully saturated rings. The third-order valence-corrected chi connectivity index (χ3v) is 4.78. The summed E-state index contributed by atoms with van der Waals surface area (Å²) in [6.07, 6.45) is 0. The molecule has 0 spiro atoms. The van der Waals surface area contributed by atoms with Crippen LogP contribution in [0.25, 0.3) is 0 Å². The maximum absolute atomic E-state index is 12.3. The monoisotopic (exact) mass is 494 g/mol. The standard InChI is InChI=1S/C26H26N2O8/c1-32-21-6-4-5-18(11-21)27-24(29)15-35-20-9-7-17(8-10-20)26(31)36-16-25(30)28-19-12-22(33-2)14-23(13-19)34-3/h4-14H,15-16H2,1-3H3,(H,27,29)(H,28,30). The van der Waals surface area contributed by atoms with E-state index in [1.54, 1.807) is 42.5 Å². The quantitative estimate of drug-likeness (QED) is 0.389. The van der Waals surface area contributed by atoms with Gasteiger partial charge in [-0.2, -0.15) is 0 Å². The summed E-state index contributed by atoms with van der Waals surface area (Å²) < 4.78 is 26.0. The third kappa shape index (κ3) is 7.66. The largest absolute Gasteiger partial charge is 0.497 e. The highest BCUT2D eigenvalue weighted by Crippen LogP contribution is 2.25. The summed E-state index contributed by atoms with van der Waals surface area (Å²) in [7, 11) is 4.53. The molecule has 0 aliphatic heterocycles. The second-order valence-electron chi connectivity index (χ2n) is 7.32. The van der Waals surface area contributed by atoms with Gasteiger partial charge in [0.2, 0.25) is 0 Å². The van der Waals surface area contributed by atoms with Gasteiger partial charge in [0.1, 0.15) is 23.0 Å². The highest BCUT2D eigenvalue weighted by molar-refractivity contribution is 5.96. The Morgan fingerprint density at radius 3 is 1.86 bits per heavy atom. The normalized spacial score (nSPS) is 10.1. The Kier molecular flexibility index (Phi) is 9.10. The molecule has 0 atom stereocenters. The molecule has 0 heterocycles. The molecule has 3 aromatic carbocycles. The Labute approximate surface area is 208 Å². The molecule has 2 amide bonds. The number of rotatable bonds is 11. The smallest absolute Gasteiger partial charge is 0.338 e. The summed E-state index contributed by atoms with van der Waals surface area (Å²) in [5, 5.41) is 5.32. The van der Waals surface area contributed by atoms with Gasteiger partial charge in [-0.25, -0.2) is 4.79 Å². The molecule has 0 aromatic heterocycles. The van der Waals surface area contributed by atoms with Gasteiger partial charge in [-0.1, -0.05) is 6.07 Å². The molecule has 10 nitrogen and oxygen atoms in total. The van der Waals surface area contributed by atoms with Crippen LogP contribution in [-0.2, 0) is 14.3 Å². The molecule has 36 heavy (non-hydrogen) atoms. The first-order chi connectivity index (χ1) is 17.4. The number of carbonyl (C=O) groups is 3. The minimum Gasteiger partial charge on any atom is -0.497 e. The molecule has 3 rings (SSSR count). The fourth-order valence-corrected chi connectivity index (χ4v) is 3.03. The highest BCUT2D eigenvalue weighted by atomic mass is 16.5. The van der Waals surface area contributed by atoms with E-state index in [-0.39, 0.29) is 18.1 Å². The van der Waals surface area contributed by atoms with Crippen molar-refractivity contribution in [2.75, 3.05) is 45.2 Å². The molecule has 0 saturated heterocycles. The van der Waals surface area contributed by atoms with Gasteiger partial charge in [-0.3, -0.25) is 9.59 Å². The van der Waals surface area contributed by atoms with Crippen LogP contribution >= 0.6 is 0 Å². The molecule has 0 saturated carbocycles. The van der Waals surface area contributed by atoms with Crippen LogP contribution in [0, 0.1) is 0 Å². The number of ether oxygens (including phenoxy) is 5. The van der Waals surface area contributed by atoms with Crippen molar-refractivity contribution in [1.29, 1.82) is 0 Å². The zero-order valence-corrected chi connectivity index (χ0v) is 20.0. The number of esters is 1. The fraction of sp³-hybridized carbons (Fsp3) is 0.192. The number of nitrogens with one attached hydrogen (secondary N) is 2. The third-order valence-electron chi connectivity index (χ3n) is 4.78. The second kappa shape index (κ2) is 12.7. The van der Waals surface area contributed by atoms with E-state index in [0.29, 0.717) is 34.4 Å². The number of methoxy groups -OCH3 is 3.